The van der Waals surface area contributed by atoms with Crippen LogP contribution in [-0.2, 0) is 14.3 Å². The summed E-state index contributed by atoms with van der Waals surface area (Å²) in [5, 5.41) is 0.497. The number of carbonyl (C=O) groups is 4. The van der Waals surface area contributed by atoms with E-state index in [1.807, 2.05) is 0 Å². The lowest BCUT2D eigenvalue weighted by atomic mass is 9.86. The summed E-state index contributed by atoms with van der Waals surface area (Å²) in [5.41, 5.74) is 1.10. The van der Waals surface area contributed by atoms with Gasteiger partial charge in [-0.2, -0.15) is 0 Å². The highest BCUT2D eigenvalue weighted by Gasteiger charge is 2.53. The summed E-state index contributed by atoms with van der Waals surface area (Å²) < 4.78 is 9.92. The van der Waals surface area contributed by atoms with Gasteiger partial charge in [-0.05, 0) is 48.9 Å². The van der Waals surface area contributed by atoms with E-state index >= 15 is 0 Å². The number of ether oxygens (including phenoxy) is 2. The third kappa shape index (κ3) is 4.08. The molecule has 0 aliphatic carbocycles. The molecule has 0 spiro atoms. The average molecular weight is 499 g/mol. The molecular formula is C24H19ClN2O6S. The highest BCUT2D eigenvalue weighted by Crippen LogP contribution is 2.43. The monoisotopic (exact) mass is 498 g/mol. The van der Waals surface area contributed by atoms with Crippen molar-refractivity contribution in [2.24, 2.45) is 5.92 Å². The van der Waals surface area contributed by atoms with Crippen LogP contribution >= 0.6 is 22.9 Å². The Morgan fingerprint density at radius 1 is 1.09 bits per heavy atom. The van der Waals surface area contributed by atoms with Crippen molar-refractivity contribution in [2.75, 3.05) is 19.1 Å². The Morgan fingerprint density at radius 3 is 2.41 bits per heavy atom. The molecule has 0 N–H and O–H groups in total. The molecule has 34 heavy (non-hydrogen) atoms. The third-order valence-electron chi connectivity index (χ3n) is 5.52. The zero-order chi connectivity index (χ0) is 24.6. The van der Waals surface area contributed by atoms with Gasteiger partial charge in [0.25, 0.3) is 5.91 Å². The Labute approximate surface area is 204 Å². The molecule has 8 nitrogen and oxygen atoms in total. The van der Waals surface area contributed by atoms with Gasteiger partial charge in [0.2, 0.25) is 5.78 Å². The summed E-state index contributed by atoms with van der Waals surface area (Å²) in [5.74, 6) is -3.66. The molecular weight excluding hydrogens is 480 g/mol. The molecule has 1 aliphatic rings. The van der Waals surface area contributed by atoms with Gasteiger partial charge >= 0.3 is 5.97 Å². The molecule has 4 rings (SSSR count). The molecule has 1 saturated heterocycles. The van der Waals surface area contributed by atoms with E-state index in [0.717, 1.165) is 11.3 Å². The largest absolute Gasteiger partial charge is 0.497 e. The number of thiazole rings is 1. The van der Waals surface area contributed by atoms with E-state index < -0.39 is 35.4 Å². The van der Waals surface area contributed by atoms with Crippen molar-refractivity contribution in [3.8, 4) is 5.75 Å². The number of methoxy groups -OCH3 is 2. The van der Waals surface area contributed by atoms with Gasteiger partial charge in [0.1, 0.15) is 16.5 Å². The zero-order valence-electron chi connectivity index (χ0n) is 18.4. The minimum absolute atomic E-state index is 0.117. The SMILES string of the molecule is COC(=O)c1sc(N2C(=O)C(=O)C(C(=O)c3ccc(OC)cc3)C2c2cccc(Cl)c2)nc1C. The molecule has 10 heteroatoms. The standard InChI is InChI=1S/C24H19ClN2O6S/c1-12-21(23(31)33-3)34-24(26-12)27-18(14-5-4-6-15(25)11-14)17(20(29)22(27)30)19(28)13-7-9-16(32-2)10-8-13/h4-11,17-18H,1-3H3. The molecule has 0 bridgehead atoms. The number of aryl methyl sites for hydroxylation is 1. The summed E-state index contributed by atoms with van der Waals surface area (Å²) in [4.78, 5) is 57.7. The Hall–Kier alpha value is -3.56. The van der Waals surface area contributed by atoms with E-state index in [9.17, 15) is 19.2 Å². The smallest absolute Gasteiger partial charge is 0.350 e. The number of nitrogens with zero attached hydrogens (tertiary/aromatic N) is 2. The maximum atomic E-state index is 13.5. The van der Waals surface area contributed by atoms with Crippen molar-refractivity contribution in [1.82, 2.24) is 4.98 Å². The van der Waals surface area contributed by atoms with Gasteiger partial charge in [-0.25, -0.2) is 9.78 Å². The summed E-state index contributed by atoms with van der Waals surface area (Å²) in [6.45, 7) is 1.60. The highest BCUT2D eigenvalue weighted by atomic mass is 35.5. The second-order valence-corrected chi connectivity index (χ2v) is 8.93. The van der Waals surface area contributed by atoms with E-state index in [1.165, 1.54) is 19.1 Å². The second-order valence-electron chi connectivity index (χ2n) is 7.51. The van der Waals surface area contributed by atoms with Crippen molar-refractivity contribution < 1.29 is 28.7 Å². The zero-order valence-corrected chi connectivity index (χ0v) is 20.0. The number of esters is 1. The van der Waals surface area contributed by atoms with Crippen LogP contribution in [-0.4, -0.2) is 42.6 Å². The topological polar surface area (TPSA) is 103 Å². The fourth-order valence-electron chi connectivity index (χ4n) is 3.87. The molecule has 1 aliphatic heterocycles. The van der Waals surface area contributed by atoms with Crippen LogP contribution in [0.25, 0.3) is 0 Å². The molecule has 0 radical (unpaired) electrons. The van der Waals surface area contributed by atoms with Crippen LogP contribution in [0.1, 0.15) is 37.3 Å². The third-order valence-corrected chi connectivity index (χ3v) is 6.89. The number of amides is 1. The molecule has 2 atom stereocenters. The molecule has 2 aromatic carbocycles. The number of carbonyl (C=O) groups excluding carboxylic acids is 4. The fourth-order valence-corrected chi connectivity index (χ4v) is 5.09. The van der Waals surface area contributed by atoms with Gasteiger partial charge in [-0.1, -0.05) is 35.1 Å². The van der Waals surface area contributed by atoms with Crippen LogP contribution in [0.5, 0.6) is 5.75 Å². The van der Waals surface area contributed by atoms with Gasteiger partial charge in [0.05, 0.1) is 26.0 Å². The highest BCUT2D eigenvalue weighted by molar-refractivity contribution is 7.17. The number of ketones is 2. The summed E-state index contributed by atoms with van der Waals surface area (Å²) in [6.07, 6.45) is 0. The number of aromatic nitrogens is 1. The second kappa shape index (κ2) is 9.36. The molecule has 174 valence electrons. The van der Waals surface area contributed by atoms with Crippen LogP contribution in [0.2, 0.25) is 5.02 Å². The first kappa shape index (κ1) is 23.6. The maximum Gasteiger partial charge on any atom is 0.350 e. The first-order valence-electron chi connectivity index (χ1n) is 10.1. The number of hydrogen-bond donors (Lipinski definition) is 0. The van der Waals surface area contributed by atoms with Gasteiger partial charge in [0, 0.05) is 10.6 Å². The van der Waals surface area contributed by atoms with Crippen molar-refractivity contribution >= 4 is 51.5 Å². The number of anilines is 1. The Morgan fingerprint density at radius 2 is 1.79 bits per heavy atom. The Kier molecular flexibility index (Phi) is 6.49. The summed E-state index contributed by atoms with van der Waals surface area (Å²) in [6, 6.07) is 11.9. The van der Waals surface area contributed by atoms with Crippen molar-refractivity contribution in [3.05, 3.63) is 75.3 Å². The fraction of sp³-hybridized carbons (Fsp3) is 0.208. The van der Waals surface area contributed by atoms with Crippen molar-refractivity contribution in [1.29, 1.82) is 0 Å². The molecule has 3 aromatic rings. The lowest BCUT2D eigenvalue weighted by Gasteiger charge is -2.25. The van der Waals surface area contributed by atoms with Gasteiger partial charge in [-0.15, -0.1) is 0 Å². The summed E-state index contributed by atoms with van der Waals surface area (Å²) in [7, 11) is 2.74. The quantitative estimate of drug-likeness (QED) is 0.218. The lowest BCUT2D eigenvalue weighted by Crippen LogP contribution is -2.30. The van der Waals surface area contributed by atoms with E-state index in [1.54, 1.807) is 55.5 Å². The minimum atomic E-state index is -1.33. The van der Waals surface area contributed by atoms with Crippen LogP contribution in [0.3, 0.4) is 0 Å². The number of Topliss-reactive ketones (excluding diaryl/α,β-unsaturated/α-hetero) is 2. The molecule has 1 amide bonds. The molecule has 2 heterocycles. The number of rotatable bonds is 6. The molecule has 2 unspecified atom stereocenters. The maximum absolute atomic E-state index is 13.5. The predicted octanol–water partition coefficient (Wildman–Crippen LogP) is 4.06. The number of benzene rings is 2. The number of halogens is 1. The lowest BCUT2D eigenvalue weighted by molar-refractivity contribution is -0.135. The van der Waals surface area contributed by atoms with Gasteiger partial charge in [0.15, 0.2) is 10.9 Å². The van der Waals surface area contributed by atoms with Crippen LogP contribution in [0.4, 0.5) is 5.13 Å². The normalized spacial score (nSPS) is 17.7. The van der Waals surface area contributed by atoms with Crippen LogP contribution in [0, 0.1) is 12.8 Å². The first-order valence-corrected chi connectivity index (χ1v) is 11.3. The Bertz CT molecular complexity index is 1300. The van der Waals surface area contributed by atoms with Crippen LogP contribution in [0.15, 0.2) is 48.5 Å². The Balaban J connectivity index is 1.84. The van der Waals surface area contributed by atoms with E-state index in [-0.39, 0.29) is 15.6 Å². The van der Waals surface area contributed by atoms with E-state index in [4.69, 9.17) is 21.1 Å². The van der Waals surface area contributed by atoms with Gasteiger partial charge < -0.3 is 9.47 Å². The van der Waals surface area contributed by atoms with E-state index in [2.05, 4.69) is 4.98 Å². The minimum Gasteiger partial charge on any atom is -0.497 e. The number of hydrogen-bond acceptors (Lipinski definition) is 8. The average Bonchev–Trinajstić information content (AvgIpc) is 3.35. The molecule has 1 aromatic heterocycles. The molecule has 0 saturated carbocycles. The molecule has 1 fully saturated rings. The van der Waals surface area contributed by atoms with Crippen molar-refractivity contribution in [3.63, 3.8) is 0 Å². The van der Waals surface area contributed by atoms with Crippen molar-refractivity contribution in [2.45, 2.75) is 13.0 Å². The summed E-state index contributed by atoms with van der Waals surface area (Å²) >= 11 is 7.11. The predicted molar refractivity (Wildman–Crippen MR) is 126 cm³/mol. The van der Waals surface area contributed by atoms with Gasteiger partial charge in [-0.3, -0.25) is 19.3 Å². The van der Waals surface area contributed by atoms with E-state index in [0.29, 0.717) is 22.0 Å². The first-order chi connectivity index (χ1) is 16.3. The van der Waals surface area contributed by atoms with Crippen LogP contribution < -0.4 is 9.64 Å².